The number of hydrogen-bond acceptors (Lipinski definition) is 5. The van der Waals surface area contributed by atoms with Crippen molar-refractivity contribution < 1.29 is 22.0 Å². The van der Waals surface area contributed by atoms with Gasteiger partial charge in [0, 0.05) is 31.7 Å². The Balaban J connectivity index is 1.61. The summed E-state index contributed by atoms with van der Waals surface area (Å²) in [6, 6.07) is 13.2. The number of sulfonamides is 1. The fourth-order valence-electron chi connectivity index (χ4n) is 3.64. The van der Waals surface area contributed by atoms with Crippen molar-refractivity contribution in [2.45, 2.75) is 6.42 Å². The molecule has 0 aliphatic carbocycles. The first-order valence-electron chi connectivity index (χ1n) is 9.89. The highest BCUT2D eigenvalue weighted by Crippen LogP contribution is 2.30. The molecule has 31 heavy (non-hydrogen) atoms. The lowest BCUT2D eigenvalue weighted by molar-refractivity contribution is 0.0764. The summed E-state index contributed by atoms with van der Waals surface area (Å²) < 4.78 is 45.0. The summed E-state index contributed by atoms with van der Waals surface area (Å²) in [6.07, 6.45) is 3.16. The minimum atomic E-state index is -3.30. The predicted octanol–water partition coefficient (Wildman–Crippen LogP) is 3.26. The minimum absolute atomic E-state index is 0.217. The number of halogens is 1. The summed E-state index contributed by atoms with van der Waals surface area (Å²) in [6.45, 7) is 1.39. The molecule has 4 rings (SSSR count). The molecule has 2 aromatic carbocycles. The van der Waals surface area contributed by atoms with E-state index in [0.29, 0.717) is 42.7 Å². The molecule has 0 atom stereocenters. The second kappa shape index (κ2) is 8.60. The Morgan fingerprint density at radius 1 is 1.00 bits per heavy atom. The lowest BCUT2D eigenvalue weighted by Crippen LogP contribution is -2.37. The Morgan fingerprint density at radius 3 is 2.45 bits per heavy atom. The molecule has 0 bridgehead atoms. The average molecular weight is 444 g/mol. The lowest BCUT2D eigenvalue weighted by atomic mass is 10.1. The minimum Gasteiger partial charge on any atom is -0.436 e. The Hall–Kier alpha value is -3.04. The fourth-order valence-corrected chi connectivity index (χ4v) is 4.51. The van der Waals surface area contributed by atoms with E-state index >= 15 is 0 Å². The lowest BCUT2D eigenvalue weighted by Gasteiger charge is -2.22. The highest BCUT2D eigenvalue weighted by atomic mass is 32.2. The maximum absolute atomic E-state index is 14.1. The van der Waals surface area contributed by atoms with E-state index in [1.807, 2.05) is 0 Å². The Morgan fingerprint density at radius 2 is 1.71 bits per heavy atom. The zero-order valence-corrected chi connectivity index (χ0v) is 17.8. The van der Waals surface area contributed by atoms with E-state index in [1.54, 1.807) is 47.4 Å². The van der Waals surface area contributed by atoms with Crippen LogP contribution in [0.3, 0.4) is 0 Å². The third-order valence-corrected chi connectivity index (χ3v) is 6.55. The van der Waals surface area contributed by atoms with Gasteiger partial charge in [-0.15, -0.1) is 0 Å². The van der Waals surface area contributed by atoms with Crippen molar-refractivity contribution in [3.05, 3.63) is 66.1 Å². The van der Waals surface area contributed by atoms with Crippen LogP contribution in [0.4, 0.5) is 4.39 Å². The molecule has 0 spiro atoms. The van der Waals surface area contributed by atoms with Crippen molar-refractivity contribution in [1.82, 2.24) is 14.2 Å². The number of amides is 1. The van der Waals surface area contributed by atoms with Crippen molar-refractivity contribution in [2.24, 2.45) is 0 Å². The van der Waals surface area contributed by atoms with Crippen LogP contribution >= 0.6 is 0 Å². The number of nitrogens with zero attached hydrogens (tertiary/aromatic N) is 3. The first-order valence-corrected chi connectivity index (χ1v) is 11.7. The van der Waals surface area contributed by atoms with Gasteiger partial charge in [-0.25, -0.2) is 22.1 Å². The van der Waals surface area contributed by atoms with Crippen LogP contribution in [-0.4, -0.2) is 60.9 Å². The zero-order valence-electron chi connectivity index (χ0n) is 17.0. The molecular formula is C22H22FN3O4S. The van der Waals surface area contributed by atoms with Gasteiger partial charge in [-0.2, -0.15) is 0 Å². The molecule has 7 nitrogen and oxygen atoms in total. The molecular weight excluding hydrogens is 421 g/mol. The smallest absolute Gasteiger partial charge is 0.254 e. The highest BCUT2D eigenvalue weighted by Gasteiger charge is 2.26. The molecule has 1 aromatic heterocycles. The van der Waals surface area contributed by atoms with Gasteiger partial charge in [-0.3, -0.25) is 4.79 Å². The largest absolute Gasteiger partial charge is 0.436 e. The topological polar surface area (TPSA) is 83.7 Å². The molecule has 3 aromatic rings. The van der Waals surface area contributed by atoms with E-state index in [2.05, 4.69) is 4.98 Å². The predicted molar refractivity (Wildman–Crippen MR) is 114 cm³/mol. The van der Waals surface area contributed by atoms with Crippen LogP contribution in [0.1, 0.15) is 16.8 Å². The van der Waals surface area contributed by atoms with E-state index in [-0.39, 0.29) is 24.1 Å². The number of benzene rings is 2. The van der Waals surface area contributed by atoms with Crippen LogP contribution in [0.2, 0.25) is 0 Å². The van der Waals surface area contributed by atoms with E-state index in [4.69, 9.17) is 4.42 Å². The third kappa shape index (κ3) is 4.52. The number of rotatable bonds is 4. The van der Waals surface area contributed by atoms with E-state index in [0.717, 1.165) is 0 Å². The highest BCUT2D eigenvalue weighted by molar-refractivity contribution is 7.88. The Bertz CT molecular complexity index is 1210. The molecule has 1 saturated heterocycles. The summed E-state index contributed by atoms with van der Waals surface area (Å²) >= 11 is 0. The molecule has 162 valence electrons. The van der Waals surface area contributed by atoms with Gasteiger partial charge < -0.3 is 9.32 Å². The van der Waals surface area contributed by atoms with Crippen LogP contribution in [-0.2, 0) is 10.0 Å². The third-order valence-electron chi connectivity index (χ3n) is 5.24. The van der Waals surface area contributed by atoms with Gasteiger partial charge in [0.25, 0.3) is 5.91 Å². The Kier molecular flexibility index (Phi) is 5.88. The molecule has 0 N–H and O–H groups in total. The van der Waals surface area contributed by atoms with E-state index in [9.17, 15) is 17.6 Å². The summed E-state index contributed by atoms with van der Waals surface area (Å²) in [5, 5.41) is 0. The van der Waals surface area contributed by atoms with Crippen LogP contribution in [0, 0.1) is 5.82 Å². The number of carbonyl (C=O) groups is 1. The zero-order chi connectivity index (χ0) is 22.0. The van der Waals surface area contributed by atoms with Gasteiger partial charge in [0.05, 0.1) is 23.6 Å². The van der Waals surface area contributed by atoms with Gasteiger partial charge in [0.15, 0.2) is 5.76 Å². The van der Waals surface area contributed by atoms with Crippen LogP contribution < -0.4 is 0 Å². The van der Waals surface area contributed by atoms with Gasteiger partial charge in [-0.1, -0.05) is 24.3 Å². The van der Waals surface area contributed by atoms with Gasteiger partial charge in [-0.05, 0) is 30.7 Å². The standard InChI is InChI=1S/C22H22FN3O4S/c1-31(28,29)26-12-6-11-25(13-14-26)22(27)17-8-3-2-7-16(17)21-24-15-20(30-21)18-9-4-5-10-19(18)23/h2-5,7-10,15H,6,11-14H2,1H3. The number of hydrogen-bond donors (Lipinski definition) is 0. The van der Waals surface area contributed by atoms with Crippen molar-refractivity contribution in [1.29, 1.82) is 0 Å². The second-order valence-electron chi connectivity index (χ2n) is 7.36. The quantitative estimate of drug-likeness (QED) is 0.618. The van der Waals surface area contributed by atoms with Crippen LogP contribution in [0.5, 0.6) is 0 Å². The molecule has 9 heteroatoms. The molecule has 0 unspecified atom stereocenters. The molecule has 1 aliphatic rings. The van der Waals surface area contributed by atoms with E-state index < -0.39 is 15.8 Å². The van der Waals surface area contributed by atoms with Gasteiger partial charge >= 0.3 is 0 Å². The molecule has 1 amide bonds. The normalized spacial score (nSPS) is 15.6. The number of oxazole rings is 1. The molecule has 0 saturated carbocycles. The molecule has 2 heterocycles. The van der Waals surface area contributed by atoms with Crippen LogP contribution in [0.25, 0.3) is 22.8 Å². The Labute approximate surface area is 180 Å². The summed E-state index contributed by atoms with van der Waals surface area (Å²) in [5.41, 5.74) is 1.19. The summed E-state index contributed by atoms with van der Waals surface area (Å²) in [7, 11) is -3.30. The number of carbonyl (C=O) groups excluding carboxylic acids is 1. The summed E-state index contributed by atoms with van der Waals surface area (Å²) in [5.74, 6) is -0.158. The first kappa shape index (κ1) is 21.2. The van der Waals surface area contributed by atoms with Gasteiger partial charge in [0.2, 0.25) is 15.9 Å². The number of aromatic nitrogens is 1. The first-order chi connectivity index (χ1) is 14.8. The fraction of sp³-hybridized carbons (Fsp3) is 0.273. The van der Waals surface area contributed by atoms with Crippen LogP contribution in [0.15, 0.2) is 59.1 Å². The maximum Gasteiger partial charge on any atom is 0.254 e. The maximum atomic E-state index is 14.1. The van der Waals surface area contributed by atoms with Crippen molar-refractivity contribution >= 4 is 15.9 Å². The summed E-state index contributed by atoms with van der Waals surface area (Å²) in [4.78, 5) is 19.2. The molecule has 0 radical (unpaired) electrons. The molecule has 1 fully saturated rings. The SMILES string of the molecule is CS(=O)(=O)N1CCCN(C(=O)c2ccccc2-c2ncc(-c3ccccc3F)o2)CC1. The van der Waals surface area contributed by atoms with Crippen molar-refractivity contribution in [3.8, 4) is 22.8 Å². The van der Waals surface area contributed by atoms with Crippen molar-refractivity contribution in [3.63, 3.8) is 0 Å². The monoisotopic (exact) mass is 443 g/mol. The molecule has 1 aliphatic heterocycles. The second-order valence-corrected chi connectivity index (χ2v) is 9.35. The van der Waals surface area contributed by atoms with E-state index in [1.165, 1.54) is 22.8 Å². The van der Waals surface area contributed by atoms with Gasteiger partial charge in [0.1, 0.15) is 5.82 Å². The average Bonchev–Trinajstić information content (AvgIpc) is 3.09. The van der Waals surface area contributed by atoms with Crippen molar-refractivity contribution in [2.75, 3.05) is 32.4 Å².